The van der Waals surface area contributed by atoms with Crippen molar-refractivity contribution in [2.75, 3.05) is 10.1 Å². The molecule has 0 bridgehead atoms. The summed E-state index contributed by atoms with van der Waals surface area (Å²) in [6.45, 7) is 3.59. The molecule has 11 nitrogen and oxygen atoms in total. The van der Waals surface area contributed by atoms with Gasteiger partial charge in [0.15, 0.2) is 0 Å². The molecular formula is C21H19N5O6S. The predicted octanol–water partition coefficient (Wildman–Crippen LogP) is 4.37. The van der Waals surface area contributed by atoms with Gasteiger partial charge in [-0.2, -0.15) is 5.10 Å². The highest BCUT2D eigenvalue weighted by molar-refractivity contribution is 7.92. The molecule has 3 rings (SSSR count). The highest BCUT2D eigenvalue weighted by atomic mass is 32.2. The van der Waals surface area contributed by atoms with E-state index in [2.05, 4.69) is 15.2 Å². The number of nitro benzene ring substituents is 2. The van der Waals surface area contributed by atoms with Crippen molar-refractivity contribution in [2.45, 2.75) is 18.7 Å². The summed E-state index contributed by atoms with van der Waals surface area (Å²) in [4.78, 5) is 20.7. The zero-order valence-electron chi connectivity index (χ0n) is 17.6. The Morgan fingerprint density at radius 1 is 0.909 bits per heavy atom. The van der Waals surface area contributed by atoms with Crippen LogP contribution in [0.25, 0.3) is 0 Å². The lowest BCUT2D eigenvalue weighted by Crippen LogP contribution is -2.16. The first-order chi connectivity index (χ1) is 15.6. The molecule has 0 aliphatic rings. The minimum atomic E-state index is -4.25. The minimum absolute atomic E-state index is 0.0484. The Bertz CT molecular complexity index is 1370. The lowest BCUT2D eigenvalue weighted by atomic mass is 10.1. The van der Waals surface area contributed by atoms with Gasteiger partial charge in [0.05, 0.1) is 33.0 Å². The van der Waals surface area contributed by atoms with Gasteiger partial charge < -0.3 is 0 Å². The molecule has 0 saturated carbocycles. The van der Waals surface area contributed by atoms with Gasteiger partial charge in [-0.3, -0.25) is 30.4 Å². The van der Waals surface area contributed by atoms with Crippen LogP contribution in [-0.4, -0.2) is 24.5 Å². The fraction of sp³-hybridized carbons (Fsp3) is 0.0952. The van der Waals surface area contributed by atoms with Crippen LogP contribution < -0.4 is 10.1 Å². The van der Waals surface area contributed by atoms with Crippen molar-refractivity contribution >= 4 is 39.0 Å². The first-order valence-corrected chi connectivity index (χ1v) is 11.0. The molecule has 12 heteroatoms. The van der Waals surface area contributed by atoms with E-state index in [1.54, 1.807) is 31.2 Å². The SMILES string of the molecule is Cc1ccc(NS(=O)(=O)c2cc([N+](=O)[O-])ccc2N/N=C/c2ccccc2[N+](=O)[O-])c(C)c1. The van der Waals surface area contributed by atoms with E-state index in [0.29, 0.717) is 11.3 Å². The van der Waals surface area contributed by atoms with Crippen molar-refractivity contribution in [2.24, 2.45) is 5.10 Å². The number of hydrogen-bond acceptors (Lipinski definition) is 8. The number of hydrogen-bond donors (Lipinski definition) is 2. The van der Waals surface area contributed by atoms with E-state index in [-0.39, 0.29) is 16.9 Å². The van der Waals surface area contributed by atoms with Crippen LogP contribution in [-0.2, 0) is 10.0 Å². The van der Waals surface area contributed by atoms with Gasteiger partial charge in [0.1, 0.15) is 4.90 Å². The molecule has 0 fully saturated rings. The number of sulfonamides is 1. The van der Waals surface area contributed by atoms with E-state index >= 15 is 0 Å². The molecule has 0 amide bonds. The summed E-state index contributed by atoms with van der Waals surface area (Å²) in [5.41, 5.74) is 3.98. The van der Waals surface area contributed by atoms with E-state index in [4.69, 9.17) is 0 Å². The number of rotatable bonds is 8. The van der Waals surface area contributed by atoms with E-state index in [0.717, 1.165) is 23.9 Å². The molecule has 33 heavy (non-hydrogen) atoms. The number of hydrazone groups is 1. The van der Waals surface area contributed by atoms with Crippen molar-refractivity contribution in [3.8, 4) is 0 Å². The number of non-ortho nitro benzene ring substituents is 1. The van der Waals surface area contributed by atoms with Crippen LogP contribution in [0.4, 0.5) is 22.7 Å². The quantitative estimate of drug-likeness (QED) is 0.282. The van der Waals surface area contributed by atoms with Gasteiger partial charge in [-0.15, -0.1) is 0 Å². The fourth-order valence-corrected chi connectivity index (χ4v) is 4.31. The number of anilines is 2. The Hall–Kier alpha value is -4.32. The van der Waals surface area contributed by atoms with Crippen molar-refractivity contribution < 1.29 is 18.3 Å². The van der Waals surface area contributed by atoms with Crippen molar-refractivity contribution in [1.29, 1.82) is 0 Å². The van der Waals surface area contributed by atoms with Crippen LogP contribution in [0.2, 0.25) is 0 Å². The van der Waals surface area contributed by atoms with Crippen LogP contribution in [0.5, 0.6) is 0 Å². The van der Waals surface area contributed by atoms with Gasteiger partial charge in [0.2, 0.25) is 0 Å². The Morgan fingerprint density at radius 2 is 1.61 bits per heavy atom. The molecule has 0 aliphatic carbocycles. The summed E-state index contributed by atoms with van der Waals surface area (Å²) < 4.78 is 28.6. The second kappa shape index (κ2) is 9.44. The highest BCUT2D eigenvalue weighted by Crippen LogP contribution is 2.29. The minimum Gasteiger partial charge on any atom is -0.279 e. The largest absolute Gasteiger partial charge is 0.279 e. The van der Waals surface area contributed by atoms with Gasteiger partial charge in [-0.25, -0.2) is 8.42 Å². The highest BCUT2D eigenvalue weighted by Gasteiger charge is 2.23. The number of para-hydroxylation sites is 1. The van der Waals surface area contributed by atoms with Crippen LogP contribution in [0, 0.1) is 34.1 Å². The molecule has 0 saturated heterocycles. The van der Waals surface area contributed by atoms with Crippen molar-refractivity contribution in [1.82, 2.24) is 0 Å². The zero-order chi connectivity index (χ0) is 24.2. The summed E-state index contributed by atoms with van der Waals surface area (Å²) in [5, 5.41) is 26.3. The molecule has 0 aliphatic heterocycles. The lowest BCUT2D eigenvalue weighted by Gasteiger charge is -2.14. The average molecular weight is 469 g/mol. The van der Waals surface area contributed by atoms with Crippen LogP contribution in [0.3, 0.4) is 0 Å². The van der Waals surface area contributed by atoms with Gasteiger partial charge in [-0.05, 0) is 37.6 Å². The van der Waals surface area contributed by atoms with Crippen molar-refractivity contribution in [3.63, 3.8) is 0 Å². The summed E-state index contributed by atoms with van der Waals surface area (Å²) >= 11 is 0. The number of aryl methyl sites for hydroxylation is 2. The summed E-state index contributed by atoms with van der Waals surface area (Å²) in [6, 6.07) is 14.2. The predicted molar refractivity (Wildman–Crippen MR) is 124 cm³/mol. The maximum Gasteiger partial charge on any atom is 0.278 e. The lowest BCUT2D eigenvalue weighted by molar-refractivity contribution is -0.385. The third-order valence-electron chi connectivity index (χ3n) is 4.61. The van der Waals surface area contributed by atoms with Crippen LogP contribution in [0.15, 0.2) is 70.7 Å². The molecule has 0 radical (unpaired) electrons. The van der Waals surface area contributed by atoms with Crippen LogP contribution in [0.1, 0.15) is 16.7 Å². The van der Waals surface area contributed by atoms with Gasteiger partial charge in [0, 0.05) is 18.2 Å². The first kappa shape index (κ1) is 23.3. The second-order valence-corrected chi connectivity index (χ2v) is 8.70. The topological polar surface area (TPSA) is 157 Å². The Labute approximate surface area is 189 Å². The molecule has 0 spiro atoms. The monoisotopic (exact) mass is 469 g/mol. The second-order valence-electron chi connectivity index (χ2n) is 7.05. The standard InChI is InChI=1S/C21H19N5O6S/c1-14-7-9-18(15(2)11-14)24-33(31,32)21-12-17(25(27)28)8-10-19(21)23-22-13-16-5-3-4-6-20(16)26(29)30/h3-13,23-24H,1-2H3/b22-13+. The summed E-state index contributed by atoms with van der Waals surface area (Å²) in [7, 11) is -4.25. The molecule has 0 aromatic heterocycles. The molecular weight excluding hydrogens is 450 g/mol. The van der Waals surface area contributed by atoms with Crippen LogP contribution >= 0.6 is 0 Å². The maximum atomic E-state index is 13.1. The molecule has 2 N–H and O–H groups in total. The Morgan fingerprint density at radius 3 is 2.27 bits per heavy atom. The smallest absolute Gasteiger partial charge is 0.278 e. The first-order valence-electron chi connectivity index (χ1n) is 9.49. The molecule has 3 aromatic carbocycles. The van der Waals surface area contributed by atoms with Gasteiger partial charge >= 0.3 is 0 Å². The number of benzene rings is 3. The summed E-state index contributed by atoms with van der Waals surface area (Å²) in [6.07, 6.45) is 1.16. The molecule has 0 atom stereocenters. The van der Waals surface area contributed by atoms with E-state index in [1.807, 2.05) is 6.92 Å². The molecule has 3 aromatic rings. The number of nitrogens with one attached hydrogen (secondary N) is 2. The maximum absolute atomic E-state index is 13.1. The zero-order valence-corrected chi connectivity index (χ0v) is 18.4. The third-order valence-corrected chi connectivity index (χ3v) is 6.02. The van der Waals surface area contributed by atoms with Gasteiger partial charge in [0.25, 0.3) is 21.4 Å². The van der Waals surface area contributed by atoms with Gasteiger partial charge in [-0.1, -0.05) is 29.8 Å². The Balaban J connectivity index is 1.98. The molecule has 0 heterocycles. The average Bonchev–Trinajstić information content (AvgIpc) is 2.76. The number of nitro groups is 2. The number of nitrogens with zero attached hydrogens (tertiary/aromatic N) is 3. The van der Waals surface area contributed by atoms with E-state index < -0.39 is 30.5 Å². The normalized spacial score (nSPS) is 11.3. The Kier molecular flexibility index (Phi) is 6.68. The van der Waals surface area contributed by atoms with E-state index in [9.17, 15) is 28.6 Å². The molecule has 170 valence electrons. The molecule has 0 unspecified atom stereocenters. The summed E-state index contributed by atoms with van der Waals surface area (Å²) in [5.74, 6) is 0. The fourth-order valence-electron chi connectivity index (χ4n) is 3.00. The van der Waals surface area contributed by atoms with Crippen molar-refractivity contribution in [3.05, 3.63) is 97.6 Å². The third kappa shape index (κ3) is 5.49. The van der Waals surface area contributed by atoms with E-state index in [1.165, 1.54) is 24.3 Å².